The highest BCUT2D eigenvalue weighted by Crippen LogP contribution is 2.46. The summed E-state index contributed by atoms with van der Waals surface area (Å²) in [6.45, 7) is 12.3. The van der Waals surface area contributed by atoms with Crippen LogP contribution in [0.2, 0.25) is 0 Å². The topological polar surface area (TPSA) is 219 Å². The van der Waals surface area contributed by atoms with Crippen LogP contribution in [0.3, 0.4) is 0 Å². The number of alkyl carbamates (subject to hydrolysis) is 1. The Morgan fingerprint density at radius 1 is 0.982 bits per heavy atom. The van der Waals surface area contributed by atoms with E-state index in [4.69, 9.17) is 24.1 Å². The average molecular weight is 779 g/mol. The summed E-state index contributed by atoms with van der Waals surface area (Å²) in [5.74, 6) is -3.05. The van der Waals surface area contributed by atoms with Gasteiger partial charge < -0.3 is 45.1 Å². The highest BCUT2D eigenvalue weighted by Gasteiger charge is 2.44. The molecule has 0 spiro atoms. The van der Waals surface area contributed by atoms with Crippen molar-refractivity contribution < 1.29 is 57.9 Å². The molecular weight excluding hydrogens is 728 g/mol. The van der Waals surface area contributed by atoms with Gasteiger partial charge in [-0.25, -0.2) is 9.59 Å². The molecule has 0 aromatic heterocycles. The quantitative estimate of drug-likeness (QED) is 0.113. The van der Waals surface area contributed by atoms with Crippen molar-refractivity contribution in [2.75, 3.05) is 30.5 Å². The number of methoxy groups -OCH3 is 1. The lowest BCUT2D eigenvalue weighted by molar-refractivity contribution is -0.137. The van der Waals surface area contributed by atoms with Crippen molar-refractivity contribution in [1.29, 1.82) is 0 Å². The molecule has 302 valence electrons. The number of benzene rings is 2. The van der Waals surface area contributed by atoms with Crippen LogP contribution in [0.1, 0.15) is 68.8 Å². The van der Waals surface area contributed by atoms with E-state index in [0.717, 1.165) is 10.5 Å². The van der Waals surface area contributed by atoms with E-state index in [-0.39, 0.29) is 79.5 Å². The van der Waals surface area contributed by atoms with E-state index in [9.17, 15) is 33.9 Å². The van der Waals surface area contributed by atoms with Crippen LogP contribution in [0, 0.1) is 17.8 Å². The molecule has 2 aromatic rings. The number of carbonyl (C=O) groups is 6. The van der Waals surface area contributed by atoms with Gasteiger partial charge in [0.05, 0.1) is 19.4 Å². The second-order valence-corrected chi connectivity index (χ2v) is 14.1. The summed E-state index contributed by atoms with van der Waals surface area (Å²) in [6.07, 6.45) is -0.610. The number of aliphatic hydroxyl groups is 1. The average Bonchev–Trinajstić information content (AvgIpc) is 3.52. The van der Waals surface area contributed by atoms with Crippen molar-refractivity contribution in [3.05, 3.63) is 72.3 Å². The monoisotopic (exact) mass is 778 g/mol. The van der Waals surface area contributed by atoms with E-state index >= 15 is 0 Å². The van der Waals surface area contributed by atoms with Gasteiger partial charge in [0.15, 0.2) is 17.3 Å². The first-order valence-corrected chi connectivity index (χ1v) is 18.3. The molecule has 4 amide bonds. The van der Waals surface area contributed by atoms with Gasteiger partial charge in [0, 0.05) is 36.1 Å². The Hall–Kier alpha value is -5.90. The third-order valence-corrected chi connectivity index (χ3v) is 9.50. The number of hydrogen-bond acceptors (Lipinski definition) is 11. The number of anilines is 2. The number of hydrogen-bond donors (Lipinski definition) is 5. The van der Waals surface area contributed by atoms with Crippen LogP contribution in [0.15, 0.2) is 61.2 Å². The van der Waals surface area contributed by atoms with E-state index in [1.165, 1.54) is 32.2 Å². The molecule has 2 aliphatic rings. The number of carbonyl (C=O) groups excluding carboxylic acids is 5. The second-order valence-electron chi connectivity index (χ2n) is 14.1. The third-order valence-electron chi connectivity index (χ3n) is 9.50. The Labute approximate surface area is 325 Å². The number of carboxylic acid groups (broad SMARTS) is 1. The molecule has 1 heterocycles. The highest BCUT2D eigenvalue weighted by atomic mass is 16.6. The van der Waals surface area contributed by atoms with Gasteiger partial charge in [0.1, 0.15) is 31.5 Å². The van der Waals surface area contributed by atoms with Gasteiger partial charge in [-0.3, -0.25) is 24.1 Å². The number of ketones is 1. The summed E-state index contributed by atoms with van der Waals surface area (Å²) in [4.78, 5) is 77.4. The summed E-state index contributed by atoms with van der Waals surface area (Å²) in [5, 5.41) is 28.6. The maximum Gasteiger partial charge on any atom is 0.416 e. The molecule has 2 aromatic carbocycles. The number of allylic oxidation sites excluding steroid dienone is 1. The summed E-state index contributed by atoms with van der Waals surface area (Å²) in [5.41, 5.74) is 1.96. The van der Waals surface area contributed by atoms with E-state index in [2.05, 4.69) is 29.1 Å². The van der Waals surface area contributed by atoms with E-state index < -0.39 is 54.2 Å². The van der Waals surface area contributed by atoms with Gasteiger partial charge in [0.2, 0.25) is 11.8 Å². The fraction of sp³-hybridized carbons (Fsp3) is 0.450. The van der Waals surface area contributed by atoms with Gasteiger partial charge in [-0.05, 0) is 61.8 Å². The SMILES string of the molecule is C=CCOC(=O)N[C@H](C(=O)NC(C)C(=O)Nc1ccc(COC(=O)N2c3cc(OCCCC(=O)O)c(OC)cc3C(=O)CC3CC(=C)C[C@H]3C2O)cc1)C(C)C. The van der Waals surface area contributed by atoms with Crippen molar-refractivity contribution in [3.8, 4) is 11.5 Å². The molecule has 1 saturated carbocycles. The molecule has 4 rings (SSSR count). The van der Waals surface area contributed by atoms with Crippen molar-refractivity contribution in [2.45, 2.75) is 77.8 Å². The maximum atomic E-state index is 13.9. The molecule has 5 atom stereocenters. The number of Topliss-reactive ketones (excluding diaryl/α,β-unsaturated/α-hetero) is 1. The predicted molar refractivity (Wildman–Crippen MR) is 204 cm³/mol. The largest absolute Gasteiger partial charge is 0.493 e. The number of aliphatic carboxylic acids is 1. The zero-order chi connectivity index (χ0) is 41.1. The molecular formula is C40H50N4O12. The first-order chi connectivity index (χ1) is 26.6. The Morgan fingerprint density at radius 3 is 2.34 bits per heavy atom. The van der Waals surface area contributed by atoms with E-state index in [1.807, 2.05) is 0 Å². The molecule has 16 nitrogen and oxygen atoms in total. The fourth-order valence-corrected chi connectivity index (χ4v) is 6.57. The van der Waals surface area contributed by atoms with E-state index in [0.29, 0.717) is 24.1 Å². The number of ether oxygens (including phenoxy) is 4. The minimum atomic E-state index is -1.38. The van der Waals surface area contributed by atoms with Crippen LogP contribution < -0.4 is 30.3 Å². The lowest BCUT2D eigenvalue weighted by atomic mass is 9.85. The highest BCUT2D eigenvalue weighted by molar-refractivity contribution is 6.06. The summed E-state index contributed by atoms with van der Waals surface area (Å²) >= 11 is 0. The van der Waals surface area contributed by atoms with Gasteiger partial charge in [-0.1, -0.05) is 50.8 Å². The van der Waals surface area contributed by atoms with Crippen LogP contribution >= 0.6 is 0 Å². The Kier molecular flexibility index (Phi) is 15.0. The minimum absolute atomic E-state index is 0.0156. The molecule has 0 saturated heterocycles. The number of nitrogens with zero attached hydrogens (tertiary/aromatic N) is 1. The van der Waals surface area contributed by atoms with E-state index in [1.54, 1.807) is 38.1 Å². The molecule has 1 fully saturated rings. The zero-order valence-electron chi connectivity index (χ0n) is 32.0. The first kappa shape index (κ1) is 42.8. The van der Waals surface area contributed by atoms with Crippen LogP contribution in [0.25, 0.3) is 0 Å². The normalized spacial score (nSPS) is 18.6. The van der Waals surface area contributed by atoms with Gasteiger partial charge in [-0.15, -0.1) is 0 Å². The number of aliphatic hydroxyl groups excluding tert-OH is 1. The van der Waals surface area contributed by atoms with Gasteiger partial charge in [0.25, 0.3) is 0 Å². The van der Waals surface area contributed by atoms with Crippen molar-refractivity contribution in [2.24, 2.45) is 17.8 Å². The van der Waals surface area contributed by atoms with Crippen molar-refractivity contribution in [3.63, 3.8) is 0 Å². The smallest absolute Gasteiger partial charge is 0.416 e. The number of fused-ring (bicyclic) bond motifs is 2. The number of amides is 4. The molecule has 5 N–H and O–H groups in total. The predicted octanol–water partition coefficient (Wildman–Crippen LogP) is 4.95. The van der Waals surface area contributed by atoms with Crippen LogP contribution in [-0.2, 0) is 30.5 Å². The summed E-state index contributed by atoms with van der Waals surface area (Å²) in [7, 11) is 1.39. The number of nitrogens with one attached hydrogen (secondary N) is 3. The third kappa shape index (κ3) is 11.1. The van der Waals surface area contributed by atoms with Crippen molar-refractivity contribution >= 4 is 47.1 Å². The Bertz CT molecular complexity index is 1810. The second kappa shape index (κ2) is 19.6. The molecule has 56 heavy (non-hydrogen) atoms. The molecule has 0 bridgehead atoms. The number of carboxylic acids is 1. The lowest BCUT2D eigenvalue weighted by Crippen LogP contribution is -2.53. The minimum Gasteiger partial charge on any atom is -0.493 e. The first-order valence-electron chi connectivity index (χ1n) is 18.3. The van der Waals surface area contributed by atoms with Crippen LogP contribution in [-0.4, -0.2) is 84.6 Å². The summed E-state index contributed by atoms with van der Waals surface area (Å²) < 4.78 is 21.9. The molecule has 16 heteroatoms. The molecule has 1 aliphatic carbocycles. The molecule has 1 aliphatic heterocycles. The fourth-order valence-electron chi connectivity index (χ4n) is 6.57. The Balaban J connectivity index is 1.46. The lowest BCUT2D eigenvalue weighted by Gasteiger charge is -2.36. The standard InChI is InChI=1S/C40H50N4O12/c1-7-14-55-39(51)43-35(22(2)3)37(49)41-24(5)36(48)42-27-12-10-25(11-13-27)21-56-40(52)44-30-20-33(54-15-8-9-34(46)47)32(53-6)19-29(30)31(45)18-26-16-23(4)17-28(26)38(44)50/h7,10-13,19-20,22,24,26,28,35,38,50H,1,4,8-9,14-18,21H2,2-3,5-6H3,(H,41,49)(H,42,48)(H,43,51)(H,46,47)/t24?,26?,28-,35+,38?/m1/s1. The molecule has 0 radical (unpaired) electrons. The van der Waals surface area contributed by atoms with Crippen molar-refractivity contribution in [1.82, 2.24) is 10.6 Å². The summed E-state index contributed by atoms with van der Waals surface area (Å²) in [6, 6.07) is 7.34. The van der Waals surface area contributed by atoms with Crippen LogP contribution in [0.5, 0.6) is 11.5 Å². The van der Waals surface area contributed by atoms with Crippen LogP contribution in [0.4, 0.5) is 21.0 Å². The number of rotatable bonds is 16. The van der Waals surface area contributed by atoms with Gasteiger partial charge >= 0.3 is 18.2 Å². The zero-order valence-corrected chi connectivity index (χ0v) is 32.0. The van der Waals surface area contributed by atoms with Gasteiger partial charge in [-0.2, -0.15) is 0 Å². The maximum absolute atomic E-state index is 13.9. The Morgan fingerprint density at radius 2 is 1.70 bits per heavy atom. The molecule has 3 unspecified atom stereocenters.